The van der Waals surface area contributed by atoms with Crippen LogP contribution in [0.1, 0.15) is 5.56 Å². The summed E-state index contributed by atoms with van der Waals surface area (Å²) in [5.74, 6) is 0.748. The Bertz CT molecular complexity index is 1050. The number of hydrogen-bond acceptors (Lipinski definition) is 7. The summed E-state index contributed by atoms with van der Waals surface area (Å²) in [5.41, 5.74) is 1.03. The summed E-state index contributed by atoms with van der Waals surface area (Å²) in [5, 5.41) is 12.1. The summed E-state index contributed by atoms with van der Waals surface area (Å²) < 4.78 is 21.3. The van der Waals surface area contributed by atoms with Crippen molar-refractivity contribution in [2.45, 2.75) is 0 Å². The third-order valence-electron chi connectivity index (χ3n) is 4.93. The first kappa shape index (κ1) is 23.6. The predicted octanol–water partition coefficient (Wildman–Crippen LogP) is 2.49. The van der Waals surface area contributed by atoms with E-state index in [9.17, 15) is 14.9 Å². The minimum absolute atomic E-state index is 0.0796. The summed E-state index contributed by atoms with van der Waals surface area (Å²) in [6, 6.07) is 13.6. The number of rotatable bonds is 8. The number of ether oxygens (including phenoxy) is 4. The molecule has 9 nitrogen and oxygen atoms in total. The van der Waals surface area contributed by atoms with E-state index in [-0.39, 0.29) is 18.1 Å². The van der Waals surface area contributed by atoms with Crippen molar-refractivity contribution < 1.29 is 28.5 Å². The highest BCUT2D eigenvalue weighted by Crippen LogP contribution is 2.29. The number of carbonyl (C=O) groups is 2. The van der Waals surface area contributed by atoms with Crippen LogP contribution in [0.15, 0.2) is 48.0 Å². The van der Waals surface area contributed by atoms with Crippen LogP contribution in [0.2, 0.25) is 0 Å². The third kappa shape index (κ3) is 6.48. The maximum atomic E-state index is 12.5. The van der Waals surface area contributed by atoms with E-state index < -0.39 is 5.91 Å². The Kier molecular flexibility index (Phi) is 8.27. The van der Waals surface area contributed by atoms with Crippen molar-refractivity contribution in [3.8, 4) is 23.3 Å². The van der Waals surface area contributed by atoms with Gasteiger partial charge >= 0.3 is 0 Å². The summed E-state index contributed by atoms with van der Waals surface area (Å²) in [4.78, 5) is 26.5. The number of hydrogen-bond donors (Lipinski definition) is 1. The summed E-state index contributed by atoms with van der Waals surface area (Å²) in [7, 11) is 3.03. The lowest BCUT2D eigenvalue weighted by atomic mass is 10.1. The molecule has 33 heavy (non-hydrogen) atoms. The predicted molar refractivity (Wildman–Crippen MR) is 121 cm³/mol. The van der Waals surface area contributed by atoms with Crippen LogP contribution >= 0.6 is 0 Å². The molecule has 2 aromatic carbocycles. The Labute approximate surface area is 192 Å². The fourth-order valence-electron chi connectivity index (χ4n) is 3.12. The number of benzene rings is 2. The standard InChI is InChI=1S/C24H25N3O6/c1-30-20-6-4-19(5-7-20)26-24(29)18(15-25)13-17-3-8-21(22(14-17)31-2)33-16-23(28)27-9-11-32-12-10-27/h3-8,13-14H,9-12,16H2,1-2H3,(H,26,29)/b18-13-. The lowest BCUT2D eigenvalue weighted by Crippen LogP contribution is -2.43. The van der Waals surface area contributed by atoms with E-state index in [0.717, 1.165) is 0 Å². The van der Waals surface area contributed by atoms with Gasteiger partial charge in [0.2, 0.25) is 0 Å². The second-order valence-electron chi connectivity index (χ2n) is 7.04. The van der Waals surface area contributed by atoms with Crippen molar-refractivity contribution in [1.82, 2.24) is 4.90 Å². The molecule has 0 aliphatic carbocycles. The van der Waals surface area contributed by atoms with E-state index in [4.69, 9.17) is 18.9 Å². The Morgan fingerprint density at radius 2 is 1.82 bits per heavy atom. The minimum atomic E-state index is -0.543. The highest BCUT2D eigenvalue weighted by molar-refractivity contribution is 6.09. The molecular weight excluding hydrogens is 426 g/mol. The van der Waals surface area contributed by atoms with Gasteiger partial charge in [0.25, 0.3) is 11.8 Å². The van der Waals surface area contributed by atoms with E-state index in [1.807, 2.05) is 6.07 Å². The molecule has 0 atom stereocenters. The monoisotopic (exact) mass is 451 g/mol. The van der Waals surface area contributed by atoms with E-state index in [0.29, 0.717) is 54.8 Å². The van der Waals surface area contributed by atoms with E-state index in [1.165, 1.54) is 13.2 Å². The lowest BCUT2D eigenvalue weighted by Gasteiger charge is -2.26. The molecule has 172 valence electrons. The second-order valence-corrected chi connectivity index (χ2v) is 7.04. The van der Waals surface area contributed by atoms with Crippen LogP contribution in [0.3, 0.4) is 0 Å². The van der Waals surface area contributed by atoms with Crippen molar-refractivity contribution in [2.24, 2.45) is 0 Å². The van der Waals surface area contributed by atoms with Crippen molar-refractivity contribution in [1.29, 1.82) is 5.26 Å². The van der Waals surface area contributed by atoms with Gasteiger partial charge in [-0.3, -0.25) is 9.59 Å². The molecule has 0 saturated carbocycles. The number of nitriles is 1. The number of amides is 2. The van der Waals surface area contributed by atoms with E-state index >= 15 is 0 Å². The quantitative estimate of drug-likeness (QED) is 0.485. The average Bonchev–Trinajstić information content (AvgIpc) is 2.86. The molecule has 0 aromatic heterocycles. The molecule has 0 spiro atoms. The van der Waals surface area contributed by atoms with Crippen molar-refractivity contribution in [3.05, 3.63) is 53.6 Å². The first-order chi connectivity index (χ1) is 16.0. The first-order valence-electron chi connectivity index (χ1n) is 10.3. The fraction of sp³-hybridized carbons (Fsp3) is 0.292. The summed E-state index contributed by atoms with van der Waals surface area (Å²) >= 11 is 0. The van der Waals surface area contributed by atoms with Crippen LogP contribution in [-0.4, -0.2) is 63.8 Å². The molecule has 1 fully saturated rings. The molecule has 0 unspecified atom stereocenters. The van der Waals surface area contributed by atoms with Crippen LogP contribution in [0.5, 0.6) is 17.2 Å². The molecule has 2 amide bonds. The number of nitrogens with zero attached hydrogens (tertiary/aromatic N) is 2. The van der Waals surface area contributed by atoms with Gasteiger partial charge in [-0.25, -0.2) is 0 Å². The highest BCUT2D eigenvalue weighted by Gasteiger charge is 2.18. The van der Waals surface area contributed by atoms with Crippen LogP contribution in [0.4, 0.5) is 5.69 Å². The molecule has 1 aliphatic rings. The topological polar surface area (TPSA) is 110 Å². The molecule has 2 aromatic rings. The molecule has 1 aliphatic heterocycles. The maximum absolute atomic E-state index is 12.5. The first-order valence-corrected chi connectivity index (χ1v) is 10.3. The average molecular weight is 451 g/mol. The number of morpholine rings is 1. The molecular formula is C24H25N3O6. The number of anilines is 1. The molecule has 3 rings (SSSR count). The van der Waals surface area contributed by atoms with Crippen molar-refractivity contribution in [2.75, 3.05) is 52.4 Å². The van der Waals surface area contributed by atoms with Gasteiger partial charge in [-0.2, -0.15) is 5.26 Å². The smallest absolute Gasteiger partial charge is 0.266 e. The normalized spacial score (nSPS) is 13.6. The molecule has 1 N–H and O–H groups in total. The van der Waals surface area contributed by atoms with Crippen LogP contribution < -0.4 is 19.5 Å². The fourth-order valence-corrected chi connectivity index (χ4v) is 3.12. The van der Waals surface area contributed by atoms with Gasteiger partial charge < -0.3 is 29.2 Å². The number of methoxy groups -OCH3 is 2. The largest absolute Gasteiger partial charge is 0.497 e. The zero-order valence-corrected chi connectivity index (χ0v) is 18.5. The Morgan fingerprint density at radius 3 is 2.45 bits per heavy atom. The van der Waals surface area contributed by atoms with Gasteiger partial charge in [0.05, 0.1) is 27.4 Å². The highest BCUT2D eigenvalue weighted by atomic mass is 16.5. The lowest BCUT2D eigenvalue weighted by molar-refractivity contribution is -0.137. The zero-order chi connectivity index (χ0) is 23.6. The number of carbonyl (C=O) groups excluding carboxylic acids is 2. The van der Waals surface area contributed by atoms with Gasteiger partial charge in [0.1, 0.15) is 17.4 Å². The zero-order valence-electron chi connectivity index (χ0n) is 18.5. The minimum Gasteiger partial charge on any atom is -0.497 e. The van der Waals surface area contributed by atoms with Crippen molar-refractivity contribution in [3.63, 3.8) is 0 Å². The van der Waals surface area contributed by atoms with E-state index in [1.54, 1.807) is 54.5 Å². The Balaban J connectivity index is 1.67. The third-order valence-corrected chi connectivity index (χ3v) is 4.93. The maximum Gasteiger partial charge on any atom is 0.266 e. The Hall–Kier alpha value is -4.03. The van der Waals surface area contributed by atoms with E-state index in [2.05, 4.69) is 5.32 Å². The molecule has 9 heteroatoms. The van der Waals surface area contributed by atoms with Gasteiger partial charge in [0, 0.05) is 18.8 Å². The molecule has 0 bridgehead atoms. The second kappa shape index (κ2) is 11.5. The van der Waals surface area contributed by atoms with Gasteiger partial charge in [-0.1, -0.05) is 6.07 Å². The summed E-state index contributed by atoms with van der Waals surface area (Å²) in [6.45, 7) is 1.99. The molecule has 0 radical (unpaired) electrons. The van der Waals surface area contributed by atoms with Crippen molar-refractivity contribution >= 4 is 23.6 Å². The SMILES string of the molecule is COc1ccc(NC(=O)/C(C#N)=C\c2ccc(OCC(=O)N3CCOCC3)c(OC)c2)cc1. The molecule has 1 saturated heterocycles. The number of nitrogens with one attached hydrogen (secondary N) is 1. The summed E-state index contributed by atoms with van der Waals surface area (Å²) in [6.07, 6.45) is 1.45. The van der Waals surface area contributed by atoms with Crippen LogP contribution in [0, 0.1) is 11.3 Å². The van der Waals surface area contributed by atoms with Gasteiger partial charge in [-0.05, 0) is 48.0 Å². The molecule has 1 heterocycles. The van der Waals surface area contributed by atoms with Gasteiger partial charge in [0.15, 0.2) is 18.1 Å². The van der Waals surface area contributed by atoms with Crippen LogP contribution in [0.25, 0.3) is 6.08 Å². The van der Waals surface area contributed by atoms with Crippen LogP contribution in [-0.2, 0) is 14.3 Å². The van der Waals surface area contributed by atoms with Gasteiger partial charge in [-0.15, -0.1) is 0 Å². The Morgan fingerprint density at radius 1 is 1.09 bits per heavy atom.